The summed E-state index contributed by atoms with van der Waals surface area (Å²) in [5, 5.41) is 15.2. The summed E-state index contributed by atoms with van der Waals surface area (Å²) in [5.74, 6) is 0.777. The van der Waals surface area contributed by atoms with E-state index in [0.29, 0.717) is 12.6 Å². The van der Waals surface area contributed by atoms with Crippen LogP contribution in [0.3, 0.4) is 0 Å². The topological polar surface area (TPSA) is 61.4 Å². The lowest BCUT2D eigenvalue weighted by Crippen LogP contribution is -2.44. The molecule has 1 saturated carbocycles. The molecule has 1 aliphatic rings. The fraction of sp³-hybridized carbons (Fsp3) is 0.938. The Morgan fingerprint density at radius 3 is 2.75 bits per heavy atom. The zero-order valence-electron chi connectivity index (χ0n) is 13.4. The summed E-state index contributed by atoms with van der Waals surface area (Å²) in [5.41, 5.74) is -0.0458. The molecule has 0 aromatic carbocycles. The van der Waals surface area contributed by atoms with Crippen LogP contribution < -0.4 is 10.6 Å². The quantitative estimate of drug-likeness (QED) is 0.629. The van der Waals surface area contributed by atoms with Crippen LogP contribution >= 0.6 is 0 Å². The van der Waals surface area contributed by atoms with Gasteiger partial charge in [-0.2, -0.15) is 0 Å². The van der Waals surface area contributed by atoms with Gasteiger partial charge < -0.3 is 15.7 Å². The van der Waals surface area contributed by atoms with Crippen LogP contribution in [0, 0.1) is 11.3 Å². The Balaban J connectivity index is 2.14. The van der Waals surface area contributed by atoms with Gasteiger partial charge in [-0.1, -0.05) is 40.0 Å². The van der Waals surface area contributed by atoms with Crippen LogP contribution in [0.25, 0.3) is 0 Å². The molecule has 0 spiro atoms. The number of aliphatic hydroxyl groups is 1. The Bertz CT molecular complexity index is 292. The minimum absolute atomic E-state index is 0.0337. The molecule has 2 amide bonds. The van der Waals surface area contributed by atoms with Gasteiger partial charge in [-0.15, -0.1) is 0 Å². The fourth-order valence-electron chi connectivity index (χ4n) is 2.88. The fourth-order valence-corrected chi connectivity index (χ4v) is 2.88. The number of nitrogens with one attached hydrogen (secondary N) is 2. The average molecular weight is 284 g/mol. The van der Waals surface area contributed by atoms with Gasteiger partial charge in [0.05, 0.1) is 0 Å². The molecule has 4 nitrogen and oxygen atoms in total. The van der Waals surface area contributed by atoms with E-state index in [-0.39, 0.29) is 18.1 Å². The Hall–Kier alpha value is -0.770. The van der Waals surface area contributed by atoms with E-state index in [0.717, 1.165) is 31.6 Å². The van der Waals surface area contributed by atoms with Crippen molar-refractivity contribution in [3.63, 3.8) is 0 Å². The molecule has 4 heteroatoms. The number of carbonyl (C=O) groups excluding carboxylic acids is 1. The number of urea groups is 1. The van der Waals surface area contributed by atoms with Gasteiger partial charge in [-0.25, -0.2) is 4.79 Å². The summed E-state index contributed by atoms with van der Waals surface area (Å²) >= 11 is 0. The third-order valence-corrected chi connectivity index (χ3v) is 4.44. The number of amides is 2. The summed E-state index contributed by atoms with van der Waals surface area (Å²) in [7, 11) is 0. The molecule has 1 rings (SSSR count). The monoisotopic (exact) mass is 284 g/mol. The second-order valence-electron chi connectivity index (χ2n) is 6.96. The molecule has 2 unspecified atom stereocenters. The van der Waals surface area contributed by atoms with Crippen LogP contribution in [0.5, 0.6) is 0 Å². The van der Waals surface area contributed by atoms with Crippen molar-refractivity contribution in [3.8, 4) is 0 Å². The Morgan fingerprint density at radius 1 is 1.35 bits per heavy atom. The van der Waals surface area contributed by atoms with Crippen molar-refractivity contribution in [1.82, 2.24) is 10.6 Å². The predicted molar refractivity (Wildman–Crippen MR) is 82.7 cm³/mol. The molecule has 0 radical (unpaired) electrons. The number of hydrogen-bond acceptors (Lipinski definition) is 2. The lowest BCUT2D eigenvalue weighted by molar-refractivity contribution is 0.148. The number of rotatable bonds is 7. The molecule has 3 N–H and O–H groups in total. The maximum absolute atomic E-state index is 11.8. The highest BCUT2D eigenvalue weighted by Crippen LogP contribution is 2.26. The van der Waals surface area contributed by atoms with E-state index >= 15 is 0 Å². The molecular formula is C16H32N2O2. The van der Waals surface area contributed by atoms with Crippen LogP contribution in [0.15, 0.2) is 0 Å². The standard InChI is InChI=1S/C16H32N2O2/c1-4-13-7-5-8-14(11-13)18-15(20)17-10-6-9-16(2,3)12-19/h13-14,19H,4-12H2,1-3H3,(H2,17,18,20). The zero-order valence-corrected chi connectivity index (χ0v) is 13.4. The molecule has 118 valence electrons. The third kappa shape index (κ3) is 6.60. The summed E-state index contributed by atoms with van der Waals surface area (Å²) < 4.78 is 0. The second-order valence-corrected chi connectivity index (χ2v) is 6.96. The van der Waals surface area contributed by atoms with Crippen molar-refractivity contribution < 1.29 is 9.90 Å². The van der Waals surface area contributed by atoms with E-state index in [4.69, 9.17) is 5.11 Å². The van der Waals surface area contributed by atoms with Crippen molar-refractivity contribution in [2.75, 3.05) is 13.2 Å². The Kier molecular flexibility index (Phi) is 7.35. The average Bonchev–Trinajstić information content (AvgIpc) is 2.44. The summed E-state index contributed by atoms with van der Waals surface area (Å²) in [6.45, 7) is 7.19. The summed E-state index contributed by atoms with van der Waals surface area (Å²) in [6.07, 6.45) is 7.83. The lowest BCUT2D eigenvalue weighted by Gasteiger charge is -2.29. The highest BCUT2D eigenvalue weighted by molar-refractivity contribution is 5.74. The van der Waals surface area contributed by atoms with Crippen LogP contribution in [-0.2, 0) is 0 Å². The molecule has 2 atom stereocenters. The first-order valence-corrected chi connectivity index (χ1v) is 8.12. The van der Waals surface area contributed by atoms with Crippen molar-refractivity contribution in [2.45, 2.75) is 71.8 Å². The minimum Gasteiger partial charge on any atom is -0.396 e. The summed E-state index contributed by atoms with van der Waals surface area (Å²) in [6, 6.07) is 0.316. The highest BCUT2D eigenvalue weighted by Gasteiger charge is 2.22. The van der Waals surface area contributed by atoms with E-state index in [2.05, 4.69) is 17.6 Å². The zero-order chi connectivity index (χ0) is 15.0. The van der Waals surface area contributed by atoms with Gasteiger partial charge in [-0.3, -0.25) is 0 Å². The molecule has 0 aliphatic heterocycles. The predicted octanol–water partition coefficient (Wildman–Crippen LogP) is 3.05. The van der Waals surface area contributed by atoms with E-state index in [9.17, 15) is 4.79 Å². The molecular weight excluding hydrogens is 252 g/mol. The van der Waals surface area contributed by atoms with Crippen LogP contribution in [-0.4, -0.2) is 30.3 Å². The van der Waals surface area contributed by atoms with Crippen molar-refractivity contribution in [3.05, 3.63) is 0 Å². The highest BCUT2D eigenvalue weighted by atomic mass is 16.3. The molecule has 0 aromatic heterocycles. The van der Waals surface area contributed by atoms with Gasteiger partial charge in [0.25, 0.3) is 0 Å². The van der Waals surface area contributed by atoms with Gasteiger partial charge in [0.1, 0.15) is 0 Å². The van der Waals surface area contributed by atoms with Crippen LogP contribution in [0.4, 0.5) is 4.79 Å². The normalized spacial score (nSPS) is 23.4. The van der Waals surface area contributed by atoms with Gasteiger partial charge in [-0.05, 0) is 37.0 Å². The SMILES string of the molecule is CCC1CCCC(NC(=O)NCCCC(C)(C)CO)C1. The molecule has 20 heavy (non-hydrogen) atoms. The molecule has 1 fully saturated rings. The van der Waals surface area contributed by atoms with E-state index < -0.39 is 0 Å². The maximum Gasteiger partial charge on any atom is 0.315 e. The summed E-state index contributed by atoms with van der Waals surface area (Å²) in [4.78, 5) is 11.8. The van der Waals surface area contributed by atoms with E-state index in [1.54, 1.807) is 0 Å². The number of hydrogen-bond donors (Lipinski definition) is 3. The minimum atomic E-state index is -0.0458. The molecule has 0 bridgehead atoms. The number of aliphatic hydroxyl groups excluding tert-OH is 1. The molecule has 0 aromatic rings. The Morgan fingerprint density at radius 2 is 2.10 bits per heavy atom. The van der Waals surface area contributed by atoms with E-state index in [1.807, 2.05) is 13.8 Å². The van der Waals surface area contributed by atoms with Gasteiger partial charge in [0, 0.05) is 19.2 Å². The first-order chi connectivity index (χ1) is 9.46. The van der Waals surface area contributed by atoms with Crippen molar-refractivity contribution in [1.29, 1.82) is 0 Å². The van der Waals surface area contributed by atoms with Crippen molar-refractivity contribution in [2.24, 2.45) is 11.3 Å². The largest absolute Gasteiger partial charge is 0.396 e. The smallest absolute Gasteiger partial charge is 0.315 e. The lowest BCUT2D eigenvalue weighted by atomic mass is 9.84. The van der Waals surface area contributed by atoms with Gasteiger partial charge >= 0.3 is 6.03 Å². The third-order valence-electron chi connectivity index (χ3n) is 4.44. The van der Waals surface area contributed by atoms with Crippen LogP contribution in [0.2, 0.25) is 0 Å². The molecule has 0 saturated heterocycles. The number of carbonyl (C=O) groups is 1. The maximum atomic E-state index is 11.8. The first kappa shape index (κ1) is 17.3. The van der Waals surface area contributed by atoms with Crippen LogP contribution in [0.1, 0.15) is 65.7 Å². The first-order valence-electron chi connectivity index (χ1n) is 8.12. The molecule has 0 heterocycles. The van der Waals surface area contributed by atoms with E-state index in [1.165, 1.54) is 19.3 Å². The van der Waals surface area contributed by atoms with Gasteiger partial charge in [0.2, 0.25) is 0 Å². The van der Waals surface area contributed by atoms with Crippen molar-refractivity contribution >= 4 is 6.03 Å². The van der Waals surface area contributed by atoms with Gasteiger partial charge in [0.15, 0.2) is 0 Å². The molecule has 1 aliphatic carbocycles. The second kappa shape index (κ2) is 8.50. The Labute approximate surface area is 123 Å².